The summed E-state index contributed by atoms with van der Waals surface area (Å²) in [5.41, 5.74) is 2.21. The van der Waals surface area contributed by atoms with E-state index in [1.807, 2.05) is 11.6 Å². The monoisotopic (exact) mass is 372 g/mol. The highest BCUT2D eigenvalue weighted by Gasteiger charge is 2.36. The molecule has 1 atom stereocenters. The Bertz CT molecular complexity index is 825. The van der Waals surface area contributed by atoms with Crippen LogP contribution in [0.3, 0.4) is 0 Å². The number of thiazole rings is 1. The largest absolute Gasteiger partial charge is 0.348 e. The number of fused-ring (bicyclic) bond motifs is 1. The van der Waals surface area contributed by atoms with Gasteiger partial charge in [0.05, 0.1) is 12.5 Å². The van der Waals surface area contributed by atoms with Crippen LogP contribution in [-0.2, 0) is 29.1 Å². The Morgan fingerprint density at radius 1 is 1.42 bits per heavy atom. The van der Waals surface area contributed by atoms with Gasteiger partial charge in [0.1, 0.15) is 5.82 Å². The summed E-state index contributed by atoms with van der Waals surface area (Å²) in [7, 11) is 2.08. The minimum absolute atomic E-state index is 0.0609. The van der Waals surface area contributed by atoms with Crippen molar-refractivity contribution in [3.8, 4) is 0 Å². The van der Waals surface area contributed by atoms with E-state index in [0.717, 1.165) is 30.8 Å². The smallest absolute Gasteiger partial charge is 0.229 e. The van der Waals surface area contributed by atoms with Crippen molar-refractivity contribution in [3.05, 3.63) is 34.9 Å². The van der Waals surface area contributed by atoms with Gasteiger partial charge in [-0.1, -0.05) is 0 Å². The number of anilines is 1. The Kier molecular flexibility index (Phi) is 4.64. The number of carbonyl (C=O) groups excluding carboxylic acids is 2. The second kappa shape index (κ2) is 7.08. The predicted octanol–water partition coefficient (Wildman–Crippen LogP) is 0.590. The molecule has 0 saturated carbocycles. The quantitative estimate of drug-likeness (QED) is 0.845. The molecule has 1 saturated heterocycles. The first kappa shape index (κ1) is 17.0. The Labute approximate surface area is 155 Å². The predicted molar refractivity (Wildman–Crippen MR) is 96.5 cm³/mol. The Morgan fingerprint density at radius 3 is 3.12 bits per heavy atom. The summed E-state index contributed by atoms with van der Waals surface area (Å²) < 4.78 is 0. The van der Waals surface area contributed by atoms with Crippen molar-refractivity contribution in [2.75, 3.05) is 25.0 Å². The molecule has 0 aliphatic carbocycles. The molecule has 4 rings (SSSR count). The summed E-state index contributed by atoms with van der Waals surface area (Å²) in [6.45, 7) is 2.49. The number of amides is 2. The van der Waals surface area contributed by atoms with Crippen molar-refractivity contribution in [1.82, 2.24) is 25.2 Å². The van der Waals surface area contributed by atoms with Gasteiger partial charge in [0, 0.05) is 61.5 Å². The molecule has 2 aromatic rings. The van der Waals surface area contributed by atoms with Gasteiger partial charge in [-0.15, -0.1) is 11.3 Å². The standard InChI is InChI=1S/C17H20N6O2S/c1-22-4-2-13-12(9-22)7-19-14(21-13)8-20-16(25)11-6-15(24)23(10-11)17-18-3-5-26-17/h3,5,7,11H,2,4,6,8-10H2,1H3,(H,20,25). The van der Waals surface area contributed by atoms with E-state index >= 15 is 0 Å². The molecule has 1 unspecified atom stereocenters. The third kappa shape index (κ3) is 3.45. The summed E-state index contributed by atoms with van der Waals surface area (Å²) in [6.07, 6.45) is 4.62. The molecule has 0 aromatic carbocycles. The van der Waals surface area contributed by atoms with Crippen LogP contribution in [0.15, 0.2) is 17.8 Å². The first-order chi connectivity index (χ1) is 12.6. The zero-order valence-corrected chi connectivity index (χ0v) is 15.3. The molecule has 2 aromatic heterocycles. The molecule has 1 N–H and O–H groups in total. The topological polar surface area (TPSA) is 91.3 Å². The lowest BCUT2D eigenvalue weighted by Gasteiger charge is -2.23. The van der Waals surface area contributed by atoms with Crippen LogP contribution in [0.5, 0.6) is 0 Å². The SMILES string of the molecule is CN1CCc2nc(CNC(=O)C3CC(=O)N(c4nccs4)C3)ncc2C1. The number of hydrogen-bond acceptors (Lipinski definition) is 7. The summed E-state index contributed by atoms with van der Waals surface area (Å²) in [4.78, 5) is 41.5. The second-order valence-electron chi connectivity index (χ2n) is 6.68. The van der Waals surface area contributed by atoms with Crippen LogP contribution in [0, 0.1) is 5.92 Å². The van der Waals surface area contributed by atoms with Crippen LogP contribution < -0.4 is 10.2 Å². The van der Waals surface area contributed by atoms with Crippen molar-refractivity contribution in [2.24, 2.45) is 5.92 Å². The molecular formula is C17H20N6O2S. The molecule has 136 valence electrons. The fraction of sp³-hybridized carbons (Fsp3) is 0.471. The van der Waals surface area contributed by atoms with Gasteiger partial charge in [-0.3, -0.25) is 14.5 Å². The van der Waals surface area contributed by atoms with Gasteiger partial charge in [0.2, 0.25) is 11.8 Å². The van der Waals surface area contributed by atoms with E-state index in [1.165, 1.54) is 11.3 Å². The number of carbonyl (C=O) groups is 2. The molecule has 2 aliphatic rings. The zero-order valence-electron chi connectivity index (χ0n) is 14.5. The fourth-order valence-electron chi connectivity index (χ4n) is 3.31. The van der Waals surface area contributed by atoms with E-state index in [9.17, 15) is 9.59 Å². The van der Waals surface area contributed by atoms with Crippen LogP contribution in [0.4, 0.5) is 5.13 Å². The molecule has 0 bridgehead atoms. The zero-order chi connectivity index (χ0) is 18.1. The van der Waals surface area contributed by atoms with E-state index in [2.05, 4.69) is 32.2 Å². The lowest BCUT2D eigenvalue weighted by atomic mass is 10.1. The van der Waals surface area contributed by atoms with Crippen LogP contribution >= 0.6 is 11.3 Å². The average molecular weight is 372 g/mol. The van der Waals surface area contributed by atoms with E-state index in [1.54, 1.807) is 11.1 Å². The maximum absolute atomic E-state index is 12.4. The maximum atomic E-state index is 12.4. The fourth-order valence-corrected chi connectivity index (χ4v) is 3.98. The van der Waals surface area contributed by atoms with Gasteiger partial charge in [-0.2, -0.15) is 0 Å². The molecule has 2 aliphatic heterocycles. The average Bonchev–Trinajstić information content (AvgIpc) is 3.29. The van der Waals surface area contributed by atoms with E-state index in [0.29, 0.717) is 17.5 Å². The summed E-state index contributed by atoms with van der Waals surface area (Å²) >= 11 is 1.40. The van der Waals surface area contributed by atoms with Crippen LogP contribution in [-0.4, -0.2) is 51.8 Å². The molecule has 26 heavy (non-hydrogen) atoms. The highest BCUT2D eigenvalue weighted by Crippen LogP contribution is 2.26. The first-order valence-electron chi connectivity index (χ1n) is 8.60. The number of aromatic nitrogens is 3. The molecule has 1 fully saturated rings. The Hall–Kier alpha value is -2.39. The van der Waals surface area contributed by atoms with E-state index < -0.39 is 0 Å². The van der Waals surface area contributed by atoms with Crippen molar-refractivity contribution >= 4 is 28.3 Å². The maximum Gasteiger partial charge on any atom is 0.229 e. The molecule has 2 amide bonds. The lowest BCUT2D eigenvalue weighted by molar-refractivity contribution is -0.126. The van der Waals surface area contributed by atoms with Gasteiger partial charge >= 0.3 is 0 Å². The summed E-state index contributed by atoms with van der Waals surface area (Å²) in [6, 6.07) is 0. The number of likely N-dealkylation sites (N-methyl/N-ethyl adjacent to an activating group) is 1. The van der Waals surface area contributed by atoms with E-state index in [4.69, 9.17) is 0 Å². The minimum Gasteiger partial charge on any atom is -0.348 e. The van der Waals surface area contributed by atoms with Crippen molar-refractivity contribution in [3.63, 3.8) is 0 Å². The molecule has 0 radical (unpaired) electrons. The van der Waals surface area contributed by atoms with Crippen molar-refractivity contribution in [1.29, 1.82) is 0 Å². The second-order valence-corrected chi connectivity index (χ2v) is 7.56. The molecule has 9 heteroatoms. The number of nitrogens with zero attached hydrogens (tertiary/aromatic N) is 5. The highest BCUT2D eigenvalue weighted by molar-refractivity contribution is 7.13. The third-order valence-electron chi connectivity index (χ3n) is 4.74. The lowest BCUT2D eigenvalue weighted by Crippen LogP contribution is -2.33. The number of hydrogen-bond donors (Lipinski definition) is 1. The van der Waals surface area contributed by atoms with Gasteiger partial charge in [0.25, 0.3) is 0 Å². The van der Waals surface area contributed by atoms with Gasteiger partial charge < -0.3 is 10.2 Å². The van der Waals surface area contributed by atoms with Gasteiger partial charge in [-0.25, -0.2) is 15.0 Å². The van der Waals surface area contributed by atoms with Gasteiger partial charge in [0.15, 0.2) is 5.13 Å². The van der Waals surface area contributed by atoms with Crippen molar-refractivity contribution in [2.45, 2.75) is 25.9 Å². The first-order valence-corrected chi connectivity index (χ1v) is 9.48. The number of rotatable bonds is 4. The third-order valence-corrected chi connectivity index (χ3v) is 5.54. The van der Waals surface area contributed by atoms with Gasteiger partial charge in [-0.05, 0) is 7.05 Å². The summed E-state index contributed by atoms with van der Waals surface area (Å²) in [5, 5.41) is 5.34. The molecule has 0 spiro atoms. The van der Waals surface area contributed by atoms with Crippen LogP contribution in [0.1, 0.15) is 23.5 Å². The minimum atomic E-state index is -0.363. The van der Waals surface area contributed by atoms with Crippen LogP contribution in [0.25, 0.3) is 0 Å². The summed E-state index contributed by atoms with van der Waals surface area (Å²) in [5.74, 6) is 0.0492. The van der Waals surface area contributed by atoms with Crippen molar-refractivity contribution < 1.29 is 9.59 Å². The van der Waals surface area contributed by atoms with Crippen LogP contribution in [0.2, 0.25) is 0 Å². The highest BCUT2D eigenvalue weighted by atomic mass is 32.1. The molecular weight excluding hydrogens is 352 g/mol. The molecule has 4 heterocycles. The Balaban J connectivity index is 1.35. The molecule has 8 nitrogen and oxygen atoms in total. The Morgan fingerprint density at radius 2 is 2.31 bits per heavy atom. The normalized spacial score (nSPS) is 20.3. The van der Waals surface area contributed by atoms with E-state index in [-0.39, 0.29) is 30.7 Å². The number of nitrogens with one attached hydrogen (secondary N) is 1.